The molecule has 0 fully saturated rings. The Kier molecular flexibility index (Phi) is 34.1. The molecule has 0 rings (SSSR count). The summed E-state index contributed by atoms with van der Waals surface area (Å²) in [7, 11) is 0. The molecule has 0 aromatic heterocycles. The first-order valence-corrected chi connectivity index (χ1v) is 18.5. The molecule has 5 nitrogen and oxygen atoms in total. The lowest BCUT2D eigenvalue weighted by atomic mass is 10.0. The largest absolute Gasteiger partial charge is 0.462 e. The Morgan fingerprint density at radius 2 is 0.932 bits per heavy atom. The zero-order valence-electron chi connectivity index (χ0n) is 28.9. The number of carbonyl (C=O) groups is 2. The Morgan fingerprint density at radius 3 is 1.43 bits per heavy atom. The maximum absolute atomic E-state index is 12.1. The van der Waals surface area contributed by atoms with Gasteiger partial charge in [0.05, 0.1) is 6.61 Å². The maximum atomic E-state index is 12.1. The van der Waals surface area contributed by atoms with Gasteiger partial charge in [-0.15, -0.1) is 0 Å². The normalized spacial score (nSPS) is 12.5. The van der Waals surface area contributed by atoms with E-state index in [0.29, 0.717) is 12.8 Å². The molecule has 0 aromatic carbocycles. The summed E-state index contributed by atoms with van der Waals surface area (Å²) in [5.41, 5.74) is 0. The fraction of sp³-hybridized carbons (Fsp3) is 0.795. The van der Waals surface area contributed by atoms with Crippen LogP contribution in [0.5, 0.6) is 0 Å². The molecule has 0 unspecified atom stereocenters. The van der Waals surface area contributed by atoms with Crippen LogP contribution in [0.2, 0.25) is 0 Å². The average molecular weight is 619 g/mol. The van der Waals surface area contributed by atoms with Crippen LogP contribution in [0.4, 0.5) is 0 Å². The molecular weight excluding hydrogens is 548 g/mol. The van der Waals surface area contributed by atoms with Gasteiger partial charge in [-0.05, 0) is 44.9 Å². The number of unbranched alkanes of at least 4 members (excludes halogenated alkanes) is 19. The molecule has 0 radical (unpaired) electrons. The topological polar surface area (TPSA) is 72.8 Å². The first-order valence-electron chi connectivity index (χ1n) is 18.5. The molecular formula is C39H70O5. The van der Waals surface area contributed by atoms with E-state index in [1.165, 1.54) is 109 Å². The summed E-state index contributed by atoms with van der Waals surface area (Å²) in [5.74, 6) is -0.649. The second-order valence-corrected chi connectivity index (χ2v) is 12.3. The SMILES string of the molecule is CCCCCCCCC=CCC=CCC=CCCCC(=O)O[C@@H](CO)COC(=O)CCCCCCCCCCCCCCC. The van der Waals surface area contributed by atoms with Crippen molar-refractivity contribution < 1.29 is 24.2 Å². The molecule has 0 amide bonds. The molecule has 5 heteroatoms. The molecule has 0 aliphatic carbocycles. The van der Waals surface area contributed by atoms with Crippen LogP contribution in [0.25, 0.3) is 0 Å². The van der Waals surface area contributed by atoms with Crippen LogP contribution in [0.1, 0.15) is 181 Å². The van der Waals surface area contributed by atoms with Crippen molar-refractivity contribution in [2.75, 3.05) is 13.2 Å². The molecule has 0 aliphatic heterocycles. The van der Waals surface area contributed by atoms with Gasteiger partial charge in [-0.1, -0.05) is 159 Å². The van der Waals surface area contributed by atoms with E-state index < -0.39 is 6.10 Å². The van der Waals surface area contributed by atoms with Crippen molar-refractivity contribution in [3.8, 4) is 0 Å². The molecule has 0 bridgehead atoms. The first kappa shape index (κ1) is 42.1. The summed E-state index contributed by atoms with van der Waals surface area (Å²) >= 11 is 0. The second-order valence-electron chi connectivity index (χ2n) is 12.3. The van der Waals surface area contributed by atoms with E-state index in [9.17, 15) is 14.7 Å². The molecule has 0 heterocycles. The van der Waals surface area contributed by atoms with Crippen molar-refractivity contribution in [2.45, 2.75) is 187 Å². The van der Waals surface area contributed by atoms with Gasteiger partial charge in [-0.2, -0.15) is 0 Å². The van der Waals surface area contributed by atoms with Crippen LogP contribution in [-0.4, -0.2) is 36.4 Å². The van der Waals surface area contributed by atoms with Crippen LogP contribution < -0.4 is 0 Å². The monoisotopic (exact) mass is 619 g/mol. The van der Waals surface area contributed by atoms with Gasteiger partial charge in [0.25, 0.3) is 0 Å². The van der Waals surface area contributed by atoms with Crippen molar-refractivity contribution >= 4 is 11.9 Å². The van der Waals surface area contributed by atoms with Crippen LogP contribution in [0.15, 0.2) is 36.5 Å². The number of aliphatic hydroxyl groups excluding tert-OH is 1. The lowest BCUT2D eigenvalue weighted by Gasteiger charge is -2.15. The summed E-state index contributed by atoms with van der Waals surface area (Å²) in [5, 5.41) is 9.52. The van der Waals surface area contributed by atoms with E-state index in [0.717, 1.165) is 38.5 Å². The Morgan fingerprint density at radius 1 is 0.523 bits per heavy atom. The van der Waals surface area contributed by atoms with Crippen LogP contribution in [-0.2, 0) is 19.1 Å². The third kappa shape index (κ3) is 33.0. The van der Waals surface area contributed by atoms with Crippen molar-refractivity contribution in [2.24, 2.45) is 0 Å². The molecule has 256 valence electrons. The lowest BCUT2D eigenvalue weighted by molar-refractivity contribution is -0.161. The minimum absolute atomic E-state index is 0.0833. The lowest BCUT2D eigenvalue weighted by Crippen LogP contribution is -2.28. The van der Waals surface area contributed by atoms with Crippen molar-refractivity contribution in [3.63, 3.8) is 0 Å². The zero-order chi connectivity index (χ0) is 32.2. The summed E-state index contributed by atoms with van der Waals surface area (Å²) in [4.78, 5) is 24.1. The fourth-order valence-corrected chi connectivity index (χ4v) is 5.10. The number of ether oxygens (including phenoxy) is 2. The summed E-state index contributed by atoms with van der Waals surface area (Å²) in [6, 6.07) is 0. The Hall–Kier alpha value is -1.88. The fourth-order valence-electron chi connectivity index (χ4n) is 5.10. The van der Waals surface area contributed by atoms with Crippen LogP contribution in [0, 0.1) is 0 Å². The molecule has 1 atom stereocenters. The number of hydrogen-bond donors (Lipinski definition) is 1. The Balaban J connectivity index is 3.65. The summed E-state index contributed by atoms with van der Waals surface area (Å²) < 4.78 is 10.5. The van der Waals surface area contributed by atoms with Crippen molar-refractivity contribution in [3.05, 3.63) is 36.5 Å². The molecule has 0 saturated carbocycles. The highest BCUT2D eigenvalue weighted by Gasteiger charge is 2.15. The molecule has 0 spiro atoms. The standard InChI is InChI=1S/C39H70O5/c1-3-5-7-9-11-13-15-17-18-19-20-22-24-26-28-30-32-34-39(42)44-37(35-40)36-43-38(41)33-31-29-27-25-23-21-16-14-12-10-8-6-4-2/h17-18,20,22,26,28,37,40H,3-16,19,21,23-25,27,29-36H2,1-2H3/t37-/m0/s1. The van der Waals surface area contributed by atoms with E-state index in [1.54, 1.807) is 0 Å². The van der Waals surface area contributed by atoms with Gasteiger partial charge >= 0.3 is 11.9 Å². The third-order valence-electron chi connectivity index (χ3n) is 7.94. The van der Waals surface area contributed by atoms with Gasteiger partial charge in [0.15, 0.2) is 6.10 Å². The Bertz CT molecular complexity index is 711. The second kappa shape index (κ2) is 35.6. The van der Waals surface area contributed by atoms with Gasteiger partial charge < -0.3 is 14.6 Å². The predicted octanol–water partition coefficient (Wildman–Crippen LogP) is 11.3. The third-order valence-corrected chi connectivity index (χ3v) is 7.94. The van der Waals surface area contributed by atoms with Gasteiger partial charge in [-0.3, -0.25) is 9.59 Å². The van der Waals surface area contributed by atoms with Crippen molar-refractivity contribution in [1.82, 2.24) is 0 Å². The molecule has 44 heavy (non-hydrogen) atoms. The minimum Gasteiger partial charge on any atom is -0.462 e. The average Bonchev–Trinajstić information content (AvgIpc) is 3.02. The summed E-state index contributed by atoms with van der Waals surface area (Å²) in [6.45, 7) is 4.08. The quantitative estimate of drug-likeness (QED) is 0.0450. The highest BCUT2D eigenvalue weighted by atomic mass is 16.6. The Labute approximate surface area is 272 Å². The first-order chi connectivity index (χ1) is 21.6. The number of carbonyl (C=O) groups excluding carboxylic acids is 2. The number of esters is 2. The zero-order valence-corrected chi connectivity index (χ0v) is 28.9. The molecule has 0 aliphatic rings. The highest BCUT2D eigenvalue weighted by molar-refractivity contribution is 5.70. The molecule has 0 aromatic rings. The number of rotatable bonds is 33. The van der Waals surface area contributed by atoms with E-state index >= 15 is 0 Å². The maximum Gasteiger partial charge on any atom is 0.306 e. The smallest absolute Gasteiger partial charge is 0.306 e. The van der Waals surface area contributed by atoms with E-state index in [4.69, 9.17) is 9.47 Å². The minimum atomic E-state index is -0.793. The molecule has 0 saturated heterocycles. The van der Waals surface area contributed by atoms with Crippen LogP contribution in [0.3, 0.4) is 0 Å². The number of hydrogen-bond acceptors (Lipinski definition) is 5. The van der Waals surface area contributed by atoms with Crippen LogP contribution >= 0.6 is 0 Å². The number of aliphatic hydroxyl groups is 1. The van der Waals surface area contributed by atoms with E-state index in [2.05, 4.69) is 50.3 Å². The van der Waals surface area contributed by atoms with E-state index in [1.807, 2.05) is 0 Å². The van der Waals surface area contributed by atoms with Gasteiger partial charge in [0.1, 0.15) is 6.61 Å². The summed E-state index contributed by atoms with van der Waals surface area (Å²) in [6.07, 6.45) is 42.0. The molecule has 1 N–H and O–H groups in total. The van der Waals surface area contributed by atoms with E-state index in [-0.39, 0.29) is 31.6 Å². The highest BCUT2D eigenvalue weighted by Crippen LogP contribution is 2.13. The van der Waals surface area contributed by atoms with Gasteiger partial charge in [0.2, 0.25) is 0 Å². The predicted molar refractivity (Wildman–Crippen MR) is 187 cm³/mol. The van der Waals surface area contributed by atoms with Gasteiger partial charge in [-0.25, -0.2) is 0 Å². The number of allylic oxidation sites excluding steroid dienone is 6. The van der Waals surface area contributed by atoms with Gasteiger partial charge in [0, 0.05) is 12.8 Å². The van der Waals surface area contributed by atoms with Crippen molar-refractivity contribution in [1.29, 1.82) is 0 Å².